The Morgan fingerprint density at radius 2 is 1.90 bits per heavy atom. The second-order valence-electron chi connectivity index (χ2n) is 7.06. The Morgan fingerprint density at radius 1 is 1.13 bits per heavy atom. The van der Waals surface area contributed by atoms with Crippen LogP contribution in [0, 0.1) is 0 Å². The molecule has 2 heterocycles. The summed E-state index contributed by atoms with van der Waals surface area (Å²) in [4.78, 5) is 22.8. The summed E-state index contributed by atoms with van der Waals surface area (Å²) in [6.45, 7) is 3.48. The Labute approximate surface area is 180 Å². The van der Waals surface area contributed by atoms with E-state index in [9.17, 15) is 4.79 Å². The second kappa shape index (κ2) is 9.25. The molecule has 158 valence electrons. The zero-order valence-electron chi connectivity index (χ0n) is 17.4. The Balaban J connectivity index is 1.37. The first kappa shape index (κ1) is 20.3. The zero-order chi connectivity index (χ0) is 21.6. The van der Waals surface area contributed by atoms with Crippen molar-refractivity contribution in [3.8, 4) is 17.1 Å². The van der Waals surface area contributed by atoms with Gasteiger partial charge in [0.15, 0.2) is 0 Å². The van der Waals surface area contributed by atoms with Gasteiger partial charge in [0.05, 0.1) is 19.5 Å². The van der Waals surface area contributed by atoms with Crippen molar-refractivity contribution in [3.05, 3.63) is 84.3 Å². The fourth-order valence-electron chi connectivity index (χ4n) is 3.14. The van der Waals surface area contributed by atoms with Crippen LogP contribution in [-0.4, -0.2) is 44.2 Å². The molecule has 0 spiro atoms. The number of carbonyl (C=O) groups is 1. The molecule has 0 saturated carbocycles. The molecule has 0 atom stereocenters. The maximum atomic E-state index is 12.8. The molecular formula is C23H23N5O3. The van der Waals surface area contributed by atoms with Gasteiger partial charge in [0.25, 0.3) is 5.91 Å². The van der Waals surface area contributed by atoms with Crippen LogP contribution in [0.15, 0.2) is 71.8 Å². The summed E-state index contributed by atoms with van der Waals surface area (Å²) in [5.74, 6) is 1.52. The number of rotatable bonds is 8. The Morgan fingerprint density at radius 3 is 2.58 bits per heavy atom. The molecule has 0 bridgehead atoms. The van der Waals surface area contributed by atoms with Gasteiger partial charge in [0.1, 0.15) is 5.75 Å². The molecule has 4 rings (SSSR count). The van der Waals surface area contributed by atoms with Gasteiger partial charge in [-0.25, -0.2) is 4.98 Å². The summed E-state index contributed by atoms with van der Waals surface area (Å²) < 4.78 is 12.8. The normalized spacial score (nSPS) is 10.8. The van der Waals surface area contributed by atoms with E-state index >= 15 is 0 Å². The molecule has 0 saturated heterocycles. The van der Waals surface area contributed by atoms with Crippen molar-refractivity contribution >= 4 is 5.91 Å². The third-order valence-electron chi connectivity index (χ3n) is 4.74. The molecule has 2 aromatic heterocycles. The fourth-order valence-corrected chi connectivity index (χ4v) is 3.14. The van der Waals surface area contributed by atoms with Gasteiger partial charge in [0, 0.05) is 37.1 Å². The van der Waals surface area contributed by atoms with E-state index in [4.69, 9.17) is 9.26 Å². The van der Waals surface area contributed by atoms with E-state index in [2.05, 4.69) is 15.1 Å². The molecule has 8 nitrogen and oxygen atoms in total. The van der Waals surface area contributed by atoms with Crippen molar-refractivity contribution in [2.45, 2.75) is 20.0 Å². The smallest absolute Gasteiger partial charge is 0.254 e. The van der Waals surface area contributed by atoms with Crippen molar-refractivity contribution in [3.63, 3.8) is 0 Å². The van der Waals surface area contributed by atoms with Crippen LogP contribution in [0.5, 0.6) is 5.75 Å². The summed E-state index contributed by atoms with van der Waals surface area (Å²) in [6.07, 6.45) is 5.41. The quantitative estimate of drug-likeness (QED) is 0.435. The van der Waals surface area contributed by atoms with Gasteiger partial charge in [-0.15, -0.1) is 0 Å². The van der Waals surface area contributed by atoms with Crippen LogP contribution in [-0.2, 0) is 13.1 Å². The van der Waals surface area contributed by atoms with Crippen molar-refractivity contribution < 1.29 is 14.1 Å². The SMILES string of the molecule is CCOc1ccc(-c2noc(CN(C)C(=O)c3ccc(Cn4ccnc4)cc3)n2)cc1. The maximum absolute atomic E-state index is 12.8. The van der Waals surface area contributed by atoms with Gasteiger partial charge in [-0.3, -0.25) is 4.79 Å². The molecular weight excluding hydrogens is 394 g/mol. The number of ether oxygens (including phenoxy) is 1. The minimum atomic E-state index is -0.116. The molecule has 4 aromatic rings. The first-order valence-electron chi connectivity index (χ1n) is 9.98. The highest BCUT2D eigenvalue weighted by Crippen LogP contribution is 2.20. The molecule has 2 aromatic carbocycles. The highest BCUT2D eigenvalue weighted by molar-refractivity contribution is 5.94. The van der Waals surface area contributed by atoms with Crippen LogP contribution in [0.1, 0.15) is 28.7 Å². The number of benzene rings is 2. The van der Waals surface area contributed by atoms with Crippen molar-refractivity contribution in [1.29, 1.82) is 0 Å². The van der Waals surface area contributed by atoms with Crippen LogP contribution in [0.3, 0.4) is 0 Å². The average molecular weight is 417 g/mol. The predicted molar refractivity (Wildman–Crippen MR) is 114 cm³/mol. The second-order valence-corrected chi connectivity index (χ2v) is 7.06. The van der Waals surface area contributed by atoms with Gasteiger partial charge in [-0.2, -0.15) is 4.98 Å². The Kier molecular flexibility index (Phi) is 6.07. The molecule has 31 heavy (non-hydrogen) atoms. The Bertz CT molecular complexity index is 1120. The third-order valence-corrected chi connectivity index (χ3v) is 4.74. The van der Waals surface area contributed by atoms with E-state index in [0.717, 1.165) is 16.9 Å². The molecule has 1 amide bonds. The number of aromatic nitrogens is 4. The number of carbonyl (C=O) groups excluding carboxylic acids is 1. The lowest BCUT2D eigenvalue weighted by atomic mass is 10.1. The van der Waals surface area contributed by atoms with Gasteiger partial charge in [0.2, 0.25) is 11.7 Å². The lowest BCUT2D eigenvalue weighted by molar-refractivity contribution is 0.0769. The van der Waals surface area contributed by atoms with Crippen LogP contribution < -0.4 is 4.74 Å². The average Bonchev–Trinajstić information content (AvgIpc) is 3.47. The van der Waals surface area contributed by atoms with Gasteiger partial charge >= 0.3 is 0 Å². The van der Waals surface area contributed by atoms with E-state index in [1.165, 1.54) is 0 Å². The van der Waals surface area contributed by atoms with Crippen molar-refractivity contribution in [2.24, 2.45) is 0 Å². The molecule has 0 unspecified atom stereocenters. The van der Waals surface area contributed by atoms with Crippen molar-refractivity contribution in [1.82, 2.24) is 24.6 Å². The number of amides is 1. The highest BCUT2D eigenvalue weighted by Gasteiger charge is 2.16. The molecule has 0 aliphatic heterocycles. The zero-order valence-corrected chi connectivity index (χ0v) is 17.4. The number of hydrogen-bond donors (Lipinski definition) is 0. The van der Waals surface area contributed by atoms with Crippen LogP contribution in [0.2, 0.25) is 0 Å². The van der Waals surface area contributed by atoms with Crippen LogP contribution in [0.4, 0.5) is 0 Å². The van der Waals surface area contributed by atoms with E-state index in [1.54, 1.807) is 24.5 Å². The van der Waals surface area contributed by atoms with E-state index in [-0.39, 0.29) is 12.5 Å². The van der Waals surface area contributed by atoms with Crippen LogP contribution in [0.25, 0.3) is 11.4 Å². The highest BCUT2D eigenvalue weighted by atomic mass is 16.5. The number of hydrogen-bond acceptors (Lipinski definition) is 6. The maximum Gasteiger partial charge on any atom is 0.254 e. The van der Waals surface area contributed by atoms with E-state index in [1.807, 2.05) is 66.2 Å². The van der Waals surface area contributed by atoms with Gasteiger partial charge in [-0.05, 0) is 48.9 Å². The molecule has 0 aliphatic carbocycles. The molecule has 0 aliphatic rings. The largest absolute Gasteiger partial charge is 0.494 e. The summed E-state index contributed by atoms with van der Waals surface area (Å²) in [6, 6.07) is 15.0. The first-order chi connectivity index (χ1) is 15.1. The fraction of sp³-hybridized carbons (Fsp3) is 0.217. The lowest BCUT2D eigenvalue weighted by Crippen LogP contribution is -2.26. The third kappa shape index (κ3) is 4.98. The van der Waals surface area contributed by atoms with Gasteiger partial charge in [-0.1, -0.05) is 17.3 Å². The number of nitrogens with zero attached hydrogens (tertiary/aromatic N) is 5. The minimum absolute atomic E-state index is 0.116. The topological polar surface area (TPSA) is 86.3 Å². The Hall–Kier alpha value is -3.94. The van der Waals surface area contributed by atoms with E-state index < -0.39 is 0 Å². The van der Waals surface area contributed by atoms with E-state index in [0.29, 0.717) is 30.4 Å². The summed E-state index contributed by atoms with van der Waals surface area (Å²) in [5, 5.41) is 4.02. The molecule has 8 heteroatoms. The summed E-state index contributed by atoms with van der Waals surface area (Å²) >= 11 is 0. The summed E-state index contributed by atoms with van der Waals surface area (Å²) in [5.41, 5.74) is 2.51. The molecule has 0 fully saturated rings. The first-order valence-corrected chi connectivity index (χ1v) is 9.98. The lowest BCUT2D eigenvalue weighted by Gasteiger charge is -2.15. The predicted octanol–water partition coefficient (Wildman–Crippen LogP) is 3.65. The minimum Gasteiger partial charge on any atom is -0.494 e. The standard InChI is InChI=1S/C23H23N5O3/c1-3-30-20-10-8-18(9-11-20)22-25-21(31-26-22)15-27(2)23(29)19-6-4-17(5-7-19)14-28-13-12-24-16-28/h4-13,16H,3,14-15H2,1-2H3. The monoisotopic (exact) mass is 417 g/mol. The summed E-state index contributed by atoms with van der Waals surface area (Å²) in [7, 11) is 1.71. The molecule has 0 N–H and O–H groups in total. The number of imidazole rings is 1. The van der Waals surface area contributed by atoms with Gasteiger partial charge < -0.3 is 18.7 Å². The van der Waals surface area contributed by atoms with Crippen molar-refractivity contribution in [2.75, 3.05) is 13.7 Å². The van der Waals surface area contributed by atoms with Crippen LogP contribution >= 0.6 is 0 Å². The molecule has 0 radical (unpaired) electrons.